The van der Waals surface area contributed by atoms with Gasteiger partial charge in [0.2, 0.25) is 0 Å². The number of thiophene rings is 1. The summed E-state index contributed by atoms with van der Waals surface area (Å²) in [4.78, 5) is 23.0. The molecule has 2 N–H and O–H groups in total. The van der Waals surface area contributed by atoms with E-state index in [0.29, 0.717) is 12.1 Å². The van der Waals surface area contributed by atoms with Crippen molar-refractivity contribution >= 4 is 34.1 Å². The average molecular weight is 421 g/mol. The maximum Gasteiger partial charge on any atom is 0.252 e. The van der Waals surface area contributed by atoms with E-state index in [0.717, 1.165) is 52.5 Å². The van der Waals surface area contributed by atoms with Crippen molar-refractivity contribution in [2.75, 3.05) is 18.4 Å². The van der Waals surface area contributed by atoms with Gasteiger partial charge in [-0.3, -0.25) is 9.48 Å². The Bertz CT molecular complexity index is 1140. The molecule has 0 fully saturated rings. The van der Waals surface area contributed by atoms with E-state index in [1.54, 1.807) is 22.2 Å². The number of anilines is 1. The van der Waals surface area contributed by atoms with Crippen LogP contribution in [0, 0.1) is 6.92 Å². The Kier molecular flexibility index (Phi) is 6.04. The zero-order valence-electron chi connectivity index (χ0n) is 17.1. The maximum atomic E-state index is 13.0. The van der Waals surface area contributed by atoms with Gasteiger partial charge in [0.15, 0.2) is 5.65 Å². The first-order valence-electron chi connectivity index (χ1n) is 9.95. The van der Waals surface area contributed by atoms with Crippen LogP contribution in [-0.4, -0.2) is 38.7 Å². The first-order valence-corrected chi connectivity index (χ1v) is 10.8. The van der Waals surface area contributed by atoms with Crippen LogP contribution >= 0.6 is 11.3 Å². The predicted molar refractivity (Wildman–Crippen MR) is 121 cm³/mol. The largest absolute Gasteiger partial charge is 0.370 e. The molecule has 4 rings (SSSR count). The molecule has 30 heavy (non-hydrogen) atoms. The molecule has 0 aliphatic rings. The number of nitrogens with zero attached hydrogens (tertiary/aromatic N) is 4. The van der Waals surface area contributed by atoms with Crippen molar-refractivity contribution in [1.82, 2.24) is 25.1 Å². The number of aryl methyl sites for hydroxylation is 2. The molecule has 0 atom stereocenters. The highest BCUT2D eigenvalue weighted by Gasteiger charge is 2.19. The number of amides is 1. The third-order valence-corrected chi connectivity index (χ3v) is 5.74. The third-order valence-electron chi connectivity index (χ3n) is 4.85. The van der Waals surface area contributed by atoms with Crippen LogP contribution in [0.15, 0.2) is 48.0 Å². The minimum Gasteiger partial charge on any atom is -0.370 e. The number of rotatable bonds is 8. The fourth-order valence-corrected chi connectivity index (χ4v) is 4.09. The lowest BCUT2D eigenvalue weighted by atomic mass is 10.1. The Labute approximate surface area is 179 Å². The third kappa shape index (κ3) is 4.33. The van der Waals surface area contributed by atoms with E-state index in [1.807, 2.05) is 55.7 Å². The molecule has 0 radical (unpaired) electrons. The Balaban J connectivity index is 1.42. The molecule has 0 spiro atoms. The lowest BCUT2D eigenvalue weighted by molar-refractivity contribution is 0.0954. The Morgan fingerprint density at radius 2 is 2.03 bits per heavy atom. The van der Waals surface area contributed by atoms with Crippen molar-refractivity contribution in [1.29, 1.82) is 0 Å². The zero-order valence-corrected chi connectivity index (χ0v) is 17.9. The van der Waals surface area contributed by atoms with E-state index in [1.165, 1.54) is 0 Å². The average Bonchev–Trinajstić information content (AvgIpc) is 3.39. The smallest absolute Gasteiger partial charge is 0.252 e. The Morgan fingerprint density at radius 3 is 2.80 bits per heavy atom. The molecule has 7 nitrogen and oxygen atoms in total. The van der Waals surface area contributed by atoms with Gasteiger partial charge in [-0.1, -0.05) is 12.1 Å². The molecular weight excluding hydrogens is 396 g/mol. The van der Waals surface area contributed by atoms with Gasteiger partial charge in [0.25, 0.3) is 5.91 Å². The molecule has 4 heterocycles. The van der Waals surface area contributed by atoms with Gasteiger partial charge in [-0.25, -0.2) is 9.97 Å². The highest BCUT2D eigenvalue weighted by atomic mass is 32.1. The summed E-state index contributed by atoms with van der Waals surface area (Å²) in [5.41, 5.74) is 2.95. The van der Waals surface area contributed by atoms with Gasteiger partial charge in [-0.15, -0.1) is 11.3 Å². The number of carbonyl (C=O) groups is 1. The van der Waals surface area contributed by atoms with E-state index < -0.39 is 0 Å². The van der Waals surface area contributed by atoms with Crippen LogP contribution in [0.3, 0.4) is 0 Å². The highest BCUT2D eigenvalue weighted by Crippen LogP contribution is 2.29. The zero-order chi connectivity index (χ0) is 20.9. The molecule has 0 unspecified atom stereocenters. The molecule has 8 heteroatoms. The topological polar surface area (TPSA) is 84.7 Å². The summed E-state index contributed by atoms with van der Waals surface area (Å²) in [7, 11) is 1.86. The minimum absolute atomic E-state index is 0.0889. The van der Waals surface area contributed by atoms with Gasteiger partial charge in [-0.2, -0.15) is 5.10 Å². The molecule has 0 saturated carbocycles. The van der Waals surface area contributed by atoms with Crippen molar-refractivity contribution in [3.05, 3.63) is 59.2 Å². The van der Waals surface area contributed by atoms with E-state index in [2.05, 4.69) is 20.7 Å². The Morgan fingerprint density at radius 1 is 1.17 bits per heavy atom. The van der Waals surface area contributed by atoms with E-state index in [4.69, 9.17) is 4.98 Å². The lowest BCUT2D eigenvalue weighted by Crippen LogP contribution is -2.25. The van der Waals surface area contributed by atoms with Gasteiger partial charge in [-0.05, 0) is 49.4 Å². The summed E-state index contributed by atoms with van der Waals surface area (Å²) in [5.74, 6) is 0.780. The van der Waals surface area contributed by atoms with E-state index >= 15 is 0 Å². The van der Waals surface area contributed by atoms with Gasteiger partial charge in [0.05, 0.1) is 27.2 Å². The number of hydrogen-bond acceptors (Lipinski definition) is 6. The van der Waals surface area contributed by atoms with Crippen molar-refractivity contribution in [2.45, 2.75) is 19.8 Å². The van der Waals surface area contributed by atoms with Crippen molar-refractivity contribution in [2.24, 2.45) is 7.05 Å². The molecule has 154 valence electrons. The second-order valence-corrected chi connectivity index (χ2v) is 7.99. The van der Waals surface area contributed by atoms with Crippen LogP contribution in [0.25, 0.3) is 21.6 Å². The summed E-state index contributed by atoms with van der Waals surface area (Å²) >= 11 is 1.61. The van der Waals surface area contributed by atoms with Gasteiger partial charge < -0.3 is 10.6 Å². The molecule has 0 aliphatic heterocycles. The number of aromatic nitrogens is 4. The first-order chi connectivity index (χ1) is 14.6. The fourth-order valence-electron chi connectivity index (χ4n) is 3.41. The molecule has 0 bridgehead atoms. The molecule has 4 aromatic heterocycles. The van der Waals surface area contributed by atoms with Crippen molar-refractivity contribution in [3.63, 3.8) is 0 Å². The number of carbonyl (C=O) groups excluding carboxylic acids is 1. The van der Waals surface area contributed by atoms with Crippen LogP contribution in [0.1, 0.15) is 28.9 Å². The van der Waals surface area contributed by atoms with E-state index in [9.17, 15) is 4.79 Å². The summed E-state index contributed by atoms with van der Waals surface area (Å²) < 4.78 is 1.74. The second kappa shape index (κ2) is 9.04. The number of nitrogens with one attached hydrogen (secondary N) is 2. The van der Waals surface area contributed by atoms with Crippen LogP contribution in [-0.2, 0) is 7.05 Å². The minimum atomic E-state index is -0.0889. The number of hydrogen-bond donors (Lipinski definition) is 2. The number of unbranched alkanes of at least 4 members (excludes halogenated alkanes) is 1. The first kappa shape index (κ1) is 20.0. The van der Waals surface area contributed by atoms with Crippen LogP contribution in [0.5, 0.6) is 0 Å². The number of fused-ring (bicyclic) bond motifs is 1. The molecule has 0 saturated heterocycles. The van der Waals surface area contributed by atoms with Gasteiger partial charge in [0.1, 0.15) is 5.82 Å². The van der Waals surface area contributed by atoms with Crippen LogP contribution in [0.4, 0.5) is 5.82 Å². The second-order valence-electron chi connectivity index (χ2n) is 7.04. The normalized spacial score (nSPS) is 11.0. The molecule has 0 aliphatic carbocycles. The molecule has 0 aromatic carbocycles. The van der Waals surface area contributed by atoms with Crippen molar-refractivity contribution in [3.8, 4) is 10.6 Å². The highest BCUT2D eigenvalue weighted by molar-refractivity contribution is 7.13. The van der Waals surface area contributed by atoms with Crippen LogP contribution in [0.2, 0.25) is 0 Å². The van der Waals surface area contributed by atoms with Gasteiger partial charge >= 0.3 is 0 Å². The predicted octanol–water partition coefficient (Wildman–Crippen LogP) is 4.02. The maximum absolute atomic E-state index is 13.0. The molecular formula is C22H24N6OS. The SMILES string of the molecule is Cc1nn(C)c2nc(-c3cccs3)cc(C(=O)NCCCCNc3ccccn3)c12. The quantitative estimate of drug-likeness (QED) is 0.421. The standard InChI is InChI=1S/C22H24N6OS/c1-15-20-16(14-17(18-8-7-13-30-18)26-21(20)28(2)27-15)22(29)25-12-6-5-11-24-19-9-3-4-10-23-19/h3-4,7-10,13-14H,5-6,11-12H2,1-2H3,(H,23,24)(H,25,29). The summed E-state index contributed by atoms with van der Waals surface area (Å²) in [5, 5.41) is 13.6. The van der Waals surface area contributed by atoms with E-state index in [-0.39, 0.29) is 5.91 Å². The van der Waals surface area contributed by atoms with Gasteiger partial charge in [0, 0.05) is 26.3 Å². The molecule has 1 amide bonds. The summed E-state index contributed by atoms with van der Waals surface area (Å²) in [6.07, 6.45) is 3.58. The van der Waals surface area contributed by atoms with Crippen LogP contribution < -0.4 is 10.6 Å². The summed E-state index contributed by atoms with van der Waals surface area (Å²) in [6.45, 7) is 3.34. The lowest BCUT2D eigenvalue weighted by Gasteiger charge is -2.09. The fraction of sp³-hybridized carbons (Fsp3) is 0.273. The summed E-state index contributed by atoms with van der Waals surface area (Å²) in [6, 6.07) is 11.7. The van der Waals surface area contributed by atoms with Crippen molar-refractivity contribution < 1.29 is 4.79 Å². The monoisotopic (exact) mass is 420 g/mol. The Hall–Kier alpha value is -3.26. The number of pyridine rings is 2. The molecule has 4 aromatic rings.